The number of likely N-dealkylation sites (N-methyl/N-ethyl adjacent to an activating group) is 1. The first kappa shape index (κ1) is 20.8. The number of alkyl carbamates (subject to hydrolysis) is 1. The van der Waals surface area contributed by atoms with Gasteiger partial charge in [-0.1, -0.05) is 18.2 Å². The molecule has 28 heavy (non-hydrogen) atoms. The summed E-state index contributed by atoms with van der Waals surface area (Å²) in [7, 11) is 2.18. The number of benzene rings is 1. The monoisotopic (exact) mass is 402 g/mol. The van der Waals surface area contributed by atoms with Crippen molar-refractivity contribution < 1.29 is 9.53 Å². The van der Waals surface area contributed by atoms with E-state index in [1.807, 2.05) is 26.2 Å². The molecule has 1 aromatic carbocycles. The number of nitrogens with zero attached hydrogens (tertiary/aromatic N) is 3. The van der Waals surface area contributed by atoms with Gasteiger partial charge < -0.3 is 15.0 Å². The molecule has 1 aromatic heterocycles. The Morgan fingerprint density at radius 2 is 2.00 bits per heavy atom. The van der Waals surface area contributed by atoms with Crippen molar-refractivity contribution in [3.8, 4) is 11.3 Å². The van der Waals surface area contributed by atoms with Crippen molar-refractivity contribution in [3.63, 3.8) is 0 Å². The number of piperazine rings is 1. The van der Waals surface area contributed by atoms with E-state index >= 15 is 0 Å². The highest BCUT2D eigenvalue weighted by molar-refractivity contribution is 7.09. The summed E-state index contributed by atoms with van der Waals surface area (Å²) in [6, 6.07) is 8.59. The zero-order valence-corrected chi connectivity index (χ0v) is 18.0. The first-order valence-electron chi connectivity index (χ1n) is 9.70. The van der Waals surface area contributed by atoms with Gasteiger partial charge in [-0.3, -0.25) is 4.90 Å². The summed E-state index contributed by atoms with van der Waals surface area (Å²) in [6.07, 6.45) is -0.418. The molecule has 0 aliphatic carbocycles. The quantitative estimate of drug-likeness (QED) is 0.828. The van der Waals surface area contributed by atoms with Crippen molar-refractivity contribution >= 4 is 17.4 Å². The summed E-state index contributed by atoms with van der Waals surface area (Å²) in [5, 5.41) is 5.67. The second kappa shape index (κ2) is 9.03. The fourth-order valence-electron chi connectivity index (χ4n) is 3.08. The molecule has 1 N–H and O–H groups in total. The van der Waals surface area contributed by atoms with Gasteiger partial charge in [-0.05, 0) is 39.4 Å². The SMILES string of the molecule is CN1CCN(Cc2cccc(-c3csc(CNC(=O)OC(C)(C)C)n3)c2)CC1. The predicted molar refractivity (Wildman–Crippen MR) is 113 cm³/mol. The van der Waals surface area contributed by atoms with Gasteiger partial charge in [0.2, 0.25) is 0 Å². The van der Waals surface area contributed by atoms with E-state index in [1.165, 1.54) is 5.56 Å². The molecule has 1 aliphatic rings. The Kier molecular flexibility index (Phi) is 6.69. The average Bonchev–Trinajstić information content (AvgIpc) is 3.10. The molecule has 0 saturated carbocycles. The zero-order chi connectivity index (χ0) is 20.1. The molecule has 0 bridgehead atoms. The number of hydrogen-bond acceptors (Lipinski definition) is 6. The topological polar surface area (TPSA) is 57.7 Å². The highest BCUT2D eigenvalue weighted by Crippen LogP contribution is 2.23. The van der Waals surface area contributed by atoms with E-state index in [4.69, 9.17) is 4.74 Å². The molecule has 6 nitrogen and oxygen atoms in total. The van der Waals surface area contributed by atoms with Crippen LogP contribution in [0, 0.1) is 0 Å². The fourth-order valence-corrected chi connectivity index (χ4v) is 3.82. The lowest BCUT2D eigenvalue weighted by Crippen LogP contribution is -2.43. The number of aromatic nitrogens is 1. The van der Waals surface area contributed by atoms with E-state index in [9.17, 15) is 4.79 Å². The highest BCUT2D eigenvalue weighted by Gasteiger charge is 2.17. The van der Waals surface area contributed by atoms with Crippen LogP contribution in [0.4, 0.5) is 4.79 Å². The zero-order valence-electron chi connectivity index (χ0n) is 17.2. The Bertz CT molecular complexity index is 792. The van der Waals surface area contributed by atoms with Crippen molar-refractivity contribution in [2.24, 2.45) is 0 Å². The van der Waals surface area contributed by atoms with E-state index in [0.717, 1.165) is 49.0 Å². The summed E-state index contributed by atoms with van der Waals surface area (Å²) in [5.74, 6) is 0. The van der Waals surface area contributed by atoms with E-state index in [2.05, 4.69) is 51.4 Å². The van der Waals surface area contributed by atoms with Crippen molar-refractivity contribution in [2.75, 3.05) is 33.2 Å². The van der Waals surface area contributed by atoms with Crippen molar-refractivity contribution in [2.45, 2.75) is 39.5 Å². The van der Waals surface area contributed by atoms with Gasteiger partial charge in [-0.2, -0.15) is 0 Å². The van der Waals surface area contributed by atoms with E-state index < -0.39 is 11.7 Å². The molecule has 3 rings (SSSR count). The first-order valence-corrected chi connectivity index (χ1v) is 10.6. The minimum Gasteiger partial charge on any atom is -0.444 e. The van der Waals surface area contributed by atoms with Crippen LogP contribution in [0.2, 0.25) is 0 Å². The number of carbonyl (C=O) groups excluding carboxylic acids is 1. The van der Waals surface area contributed by atoms with Gasteiger partial charge in [0.05, 0.1) is 12.2 Å². The number of thiazole rings is 1. The Morgan fingerprint density at radius 1 is 1.25 bits per heavy atom. The molecular weight excluding hydrogens is 372 g/mol. The third-order valence-corrected chi connectivity index (χ3v) is 5.41. The van der Waals surface area contributed by atoms with Gasteiger partial charge in [-0.15, -0.1) is 11.3 Å². The molecule has 1 fully saturated rings. The fraction of sp³-hybridized carbons (Fsp3) is 0.524. The minimum absolute atomic E-state index is 0.376. The maximum absolute atomic E-state index is 11.8. The molecular formula is C21H30N4O2S. The largest absolute Gasteiger partial charge is 0.444 e. The maximum Gasteiger partial charge on any atom is 0.408 e. The Balaban J connectivity index is 1.58. The number of hydrogen-bond donors (Lipinski definition) is 1. The van der Waals surface area contributed by atoms with E-state index in [-0.39, 0.29) is 0 Å². The van der Waals surface area contributed by atoms with Crippen LogP contribution in [-0.4, -0.2) is 59.7 Å². The smallest absolute Gasteiger partial charge is 0.408 e. The number of amides is 1. The number of ether oxygens (including phenoxy) is 1. The predicted octanol–water partition coefficient (Wildman–Crippen LogP) is 3.58. The number of rotatable bonds is 5. The minimum atomic E-state index is -0.498. The molecule has 2 heterocycles. The third kappa shape index (κ3) is 6.29. The maximum atomic E-state index is 11.8. The molecule has 152 valence electrons. The van der Waals surface area contributed by atoms with E-state index in [1.54, 1.807) is 11.3 Å². The van der Waals surface area contributed by atoms with Gasteiger partial charge in [0.1, 0.15) is 10.6 Å². The summed E-state index contributed by atoms with van der Waals surface area (Å²) in [5.41, 5.74) is 2.88. The molecule has 1 saturated heterocycles. The van der Waals surface area contributed by atoms with Gasteiger partial charge in [0.25, 0.3) is 0 Å². The Labute approximate surface area is 171 Å². The summed E-state index contributed by atoms with van der Waals surface area (Å²) < 4.78 is 5.26. The van der Waals surface area contributed by atoms with Crippen molar-refractivity contribution in [1.29, 1.82) is 0 Å². The first-order chi connectivity index (χ1) is 13.3. The van der Waals surface area contributed by atoms with Crippen LogP contribution >= 0.6 is 11.3 Å². The standard InChI is InChI=1S/C21H30N4O2S/c1-21(2,3)27-20(26)22-13-19-23-18(15-28-19)17-7-5-6-16(12-17)14-25-10-8-24(4)9-11-25/h5-7,12,15H,8-11,13-14H2,1-4H3,(H,22,26). The van der Waals surface area contributed by atoms with Crippen LogP contribution in [0.3, 0.4) is 0 Å². The van der Waals surface area contributed by atoms with E-state index in [0.29, 0.717) is 6.54 Å². The van der Waals surface area contributed by atoms with Crippen LogP contribution in [0.5, 0.6) is 0 Å². The number of carbonyl (C=O) groups is 1. The lowest BCUT2D eigenvalue weighted by Gasteiger charge is -2.32. The highest BCUT2D eigenvalue weighted by atomic mass is 32.1. The van der Waals surface area contributed by atoms with Crippen LogP contribution in [0.1, 0.15) is 31.3 Å². The lowest BCUT2D eigenvalue weighted by atomic mass is 10.1. The van der Waals surface area contributed by atoms with Crippen molar-refractivity contribution in [3.05, 3.63) is 40.2 Å². The Hall–Kier alpha value is -1.96. The molecule has 1 amide bonds. The van der Waals surface area contributed by atoms with Gasteiger partial charge >= 0.3 is 6.09 Å². The van der Waals surface area contributed by atoms with Crippen LogP contribution in [0.15, 0.2) is 29.6 Å². The Morgan fingerprint density at radius 3 is 2.71 bits per heavy atom. The van der Waals surface area contributed by atoms with Gasteiger partial charge in [0.15, 0.2) is 0 Å². The normalized spacial score (nSPS) is 16.1. The van der Waals surface area contributed by atoms with Gasteiger partial charge in [-0.25, -0.2) is 9.78 Å². The molecule has 2 aromatic rings. The molecule has 0 spiro atoms. The summed E-state index contributed by atoms with van der Waals surface area (Å²) in [6.45, 7) is 11.4. The molecule has 1 aliphatic heterocycles. The molecule has 0 radical (unpaired) electrons. The lowest BCUT2D eigenvalue weighted by molar-refractivity contribution is 0.0523. The molecule has 0 atom stereocenters. The van der Waals surface area contributed by atoms with Crippen LogP contribution in [-0.2, 0) is 17.8 Å². The molecule has 7 heteroatoms. The van der Waals surface area contributed by atoms with Crippen LogP contribution in [0.25, 0.3) is 11.3 Å². The third-order valence-electron chi connectivity index (χ3n) is 4.56. The summed E-state index contributed by atoms with van der Waals surface area (Å²) in [4.78, 5) is 21.3. The second-order valence-corrected chi connectivity index (χ2v) is 9.20. The average molecular weight is 403 g/mol. The van der Waals surface area contributed by atoms with Gasteiger partial charge in [0, 0.05) is 43.7 Å². The molecule has 0 unspecified atom stereocenters. The van der Waals surface area contributed by atoms with Crippen LogP contribution < -0.4 is 5.32 Å². The number of nitrogens with one attached hydrogen (secondary N) is 1. The second-order valence-electron chi connectivity index (χ2n) is 8.26. The summed E-state index contributed by atoms with van der Waals surface area (Å²) >= 11 is 1.55. The van der Waals surface area contributed by atoms with Crippen molar-refractivity contribution in [1.82, 2.24) is 20.1 Å².